The molecule has 0 aliphatic carbocycles. The summed E-state index contributed by atoms with van der Waals surface area (Å²) in [5.74, 6) is 0.576. The van der Waals surface area contributed by atoms with Crippen LogP contribution in [0.15, 0.2) is 30.5 Å². The normalized spacial score (nSPS) is 26.7. The third-order valence-electron chi connectivity index (χ3n) is 6.57. The van der Waals surface area contributed by atoms with Crippen molar-refractivity contribution >= 4 is 11.7 Å². The summed E-state index contributed by atoms with van der Waals surface area (Å²) in [6.45, 7) is 1.79. The minimum absolute atomic E-state index is 0.0366. The van der Waals surface area contributed by atoms with E-state index in [9.17, 15) is 9.18 Å². The molecule has 1 amide bonds. The van der Waals surface area contributed by atoms with Crippen LogP contribution >= 0.6 is 0 Å². The first-order chi connectivity index (χ1) is 14.5. The van der Waals surface area contributed by atoms with Crippen LogP contribution in [0.1, 0.15) is 59.4 Å². The number of nitrogens with zero attached hydrogens (tertiary/aromatic N) is 3. The van der Waals surface area contributed by atoms with Crippen molar-refractivity contribution in [3.63, 3.8) is 0 Å². The van der Waals surface area contributed by atoms with Crippen molar-refractivity contribution in [3.8, 4) is 5.75 Å². The summed E-state index contributed by atoms with van der Waals surface area (Å²) in [5.41, 5.74) is 14.7. The van der Waals surface area contributed by atoms with Crippen molar-refractivity contribution < 1.29 is 13.9 Å². The Labute approximate surface area is 174 Å². The maximum Gasteiger partial charge on any atom is 0.255 e. The smallest absolute Gasteiger partial charge is 0.255 e. The molecule has 0 radical (unpaired) electrons. The minimum atomic E-state index is -0.552. The lowest BCUT2D eigenvalue weighted by Gasteiger charge is -2.32. The van der Waals surface area contributed by atoms with E-state index in [2.05, 4.69) is 9.88 Å². The largest absolute Gasteiger partial charge is 0.491 e. The number of hydrogen-bond donors (Lipinski definition) is 2. The van der Waals surface area contributed by atoms with Crippen LogP contribution in [0.25, 0.3) is 0 Å². The Morgan fingerprint density at radius 3 is 2.83 bits per heavy atom. The molecule has 1 aromatic heterocycles. The molecule has 2 bridgehead atoms. The van der Waals surface area contributed by atoms with Crippen molar-refractivity contribution in [1.82, 2.24) is 14.8 Å². The fraction of sp³-hybridized carbons (Fsp3) is 0.455. The second-order valence-corrected chi connectivity index (χ2v) is 8.33. The molecule has 3 aliphatic rings. The number of ether oxygens (including phenoxy) is 1. The van der Waals surface area contributed by atoms with Crippen molar-refractivity contribution in [3.05, 3.63) is 53.0 Å². The highest BCUT2D eigenvalue weighted by Gasteiger charge is 2.36. The fourth-order valence-electron chi connectivity index (χ4n) is 5.02. The van der Waals surface area contributed by atoms with Crippen LogP contribution in [0.2, 0.25) is 0 Å². The van der Waals surface area contributed by atoms with Gasteiger partial charge in [0.25, 0.3) is 5.91 Å². The predicted molar refractivity (Wildman–Crippen MR) is 110 cm³/mol. The Hall–Kier alpha value is -2.71. The lowest BCUT2D eigenvalue weighted by molar-refractivity contribution is 0.0690. The molecule has 7 nitrogen and oxygen atoms in total. The van der Waals surface area contributed by atoms with E-state index in [0.717, 1.165) is 37.8 Å². The number of nitrogens with two attached hydrogens (primary N) is 2. The molecule has 2 fully saturated rings. The third kappa shape index (κ3) is 3.20. The van der Waals surface area contributed by atoms with Crippen LogP contribution in [0, 0.1) is 5.82 Å². The number of fused-ring (bicyclic) bond motifs is 6. The number of carbonyl (C=O) groups excluding carboxylic acids is 1. The van der Waals surface area contributed by atoms with E-state index >= 15 is 0 Å². The van der Waals surface area contributed by atoms with E-state index in [1.54, 1.807) is 18.2 Å². The first-order valence-corrected chi connectivity index (χ1v) is 10.5. The van der Waals surface area contributed by atoms with Gasteiger partial charge in [0, 0.05) is 36.5 Å². The molecule has 30 heavy (non-hydrogen) atoms. The van der Waals surface area contributed by atoms with Crippen molar-refractivity contribution in [2.75, 3.05) is 25.4 Å². The molecule has 4 N–H and O–H groups in total. The van der Waals surface area contributed by atoms with Gasteiger partial charge in [-0.25, -0.2) is 9.37 Å². The van der Waals surface area contributed by atoms with E-state index in [1.807, 2.05) is 4.90 Å². The van der Waals surface area contributed by atoms with Gasteiger partial charge in [-0.1, -0.05) is 0 Å². The van der Waals surface area contributed by atoms with Gasteiger partial charge < -0.3 is 21.1 Å². The van der Waals surface area contributed by atoms with Gasteiger partial charge in [0.1, 0.15) is 24.0 Å². The lowest BCUT2D eigenvalue weighted by Crippen LogP contribution is -2.39. The van der Waals surface area contributed by atoms with Crippen molar-refractivity contribution in [2.45, 2.75) is 43.9 Å². The van der Waals surface area contributed by atoms with Gasteiger partial charge >= 0.3 is 0 Å². The van der Waals surface area contributed by atoms with Crippen LogP contribution in [-0.2, 0) is 0 Å². The van der Waals surface area contributed by atoms with E-state index in [0.29, 0.717) is 35.8 Å². The molecule has 2 saturated heterocycles. The Morgan fingerprint density at radius 1 is 1.13 bits per heavy atom. The Balaban J connectivity index is 1.64. The fourth-order valence-corrected chi connectivity index (χ4v) is 5.02. The van der Waals surface area contributed by atoms with Crippen molar-refractivity contribution in [2.24, 2.45) is 5.73 Å². The van der Waals surface area contributed by atoms with Crippen molar-refractivity contribution in [1.29, 1.82) is 0 Å². The summed E-state index contributed by atoms with van der Waals surface area (Å²) < 4.78 is 20.4. The topological polar surface area (TPSA) is 97.7 Å². The Kier molecular flexibility index (Phi) is 4.83. The SMILES string of the molecule is Nc1ncc2cc1C(N)N1CCC[C@@H]1c1cc(F)ccc1OCC1CCCN1C2=O. The second kappa shape index (κ2) is 7.52. The van der Waals surface area contributed by atoms with Crippen LogP contribution < -0.4 is 16.2 Å². The zero-order valence-corrected chi connectivity index (χ0v) is 16.8. The van der Waals surface area contributed by atoms with E-state index < -0.39 is 6.17 Å². The zero-order valence-electron chi connectivity index (χ0n) is 16.8. The van der Waals surface area contributed by atoms with Gasteiger partial charge in [-0.05, 0) is 49.9 Å². The summed E-state index contributed by atoms with van der Waals surface area (Å²) in [4.78, 5) is 21.4. The molecule has 0 saturated carbocycles. The van der Waals surface area contributed by atoms with Gasteiger partial charge in [0.2, 0.25) is 0 Å². The molecule has 0 spiro atoms. The average Bonchev–Trinajstić information content (AvgIpc) is 3.41. The molecule has 158 valence electrons. The molecule has 2 unspecified atom stereocenters. The summed E-state index contributed by atoms with van der Waals surface area (Å²) in [7, 11) is 0. The van der Waals surface area contributed by atoms with Gasteiger partial charge in [0.15, 0.2) is 0 Å². The first-order valence-electron chi connectivity index (χ1n) is 10.5. The van der Waals surface area contributed by atoms with Gasteiger partial charge in [0.05, 0.1) is 17.8 Å². The highest BCUT2D eigenvalue weighted by atomic mass is 19.1. The number of nitrogen functional groups attached to an aromatic ring is 1. The molecular formula is C22H26FN5O2. The van der Waals surface area contributed by atoms with Crippen LogP contribution in [0.3, 0.4) is 0 Å². The molecule has 1 aromatic carbocycles. The van der Waals surface area contributed by atoms with E-state index in [-0.39, 0.29) is 23.8 Å². The number of anilines is 1. The standard InChI is InChI=1S/C22H26FN5O2/c23-14-5-6-19-16(10-14)18-4-2-8-28(18)21(25)17-9-13(11-26-20(17)24)22(29)27-7-1-3-15(27)12-30-19/h5-6,9-11,15,18,21H,1-4,7-8,12,25H2,(H2,24,26)/t15?,18-,21?/m1/s1. The van der Waals surface area contributed by atoms with Crippen LogP contribution in [0.4, 0.5) is 10.2 Å². The number of carbonyl (C=O) groups is 1. The quantitative estimate of drug-likeness (QED) is 0.692. The monoisotopic (exact) mass is 411 g/mol. The summed E-state index contributed by atoms with van der Waals surface area (Å²) in [5, 5.41) is 0. The van der Waals surface area contributed by atoms with Gasteiger partial charge in [-0.15, -0.1) is 0 Å². The van der Waals surface area contributed by atoms with Crippen LogP contribution in [-0.4, -0.2) is 46.4 Å². The van der Waals surface area contributed by atoms with Gasteiger partial charge in [-0.3, -0.25) is 9.69 Å². The third-order valence-corrected chi connectivity index (χ3v) is 6.57. The maximum absolute atomic E-state index is 14.2. The summed E-state index contributed by atoms with van der Waals surface area (Å²) in [6, 6.07) is 6.28. The number of halogens is 1. The van der Waals surface area contributed by atoms with E-state index in [1.165, 1.54) is 12.3 Å². The number of hydrogen-bond acceptors (Lipinski definition) is 6. The highest BCUT2D eigenvalue weighted by Crippen LogP contribution is 2.42. The Morgan fingerprint density at radius 2 is 1.97 bits per heavy atom. The number of benzene rings is 1. The van der Waals surface area contributed by atoms with Crippen LogP contribution in [0.5, 0.6) is 5.75 Å². The first kappa shape index (κ1) is 19.3. The molecule has 5 rings (SSSR count). The molecule has 4 heterocycles. The number of amides is 1. The number of rotatable bonds is 0. The molecule has 2 aromatic rings. The van der Waals surface area contributed by atoms with Gasteiger partial charge in [-0.2, -0.15) is 0 Å². The number of pyridine rings is 1. The minimum Gasteiger partial charge on any atom is -0.491 e. The second-order valence-electron chi connectivity index (χ2n) is 8.33. The molecular weight excluding hydrogens is 385 g/mol. The zero-order chi connectivity index (χ0) is 20.8. The predicted octanol–water partition coefficient (Wildman–Crippen LogP) is 2.59. The lowest BCUT2D eigenvalue weighted by atomic mass is 10.0. The average molecular weight is 411 g/mol. The number of aromatic nitrogens is 1. The highest BCUT2D eigenvalue weighted by molar-refractivity contribution is 5.94. The maximum atomic E-state index is 14.2. The van der Waals surface area contributed by atoms with E-state index in [4.69, 9.17) is 16.2 Å². The Bertz CT molecular complexity index is 984. The summed E-state index contributed by atoms with van der Waals surface area (Å²) >= 11 is 0. The summed E-state index contributed by atoms with van der Waals surface area (Å²) in [6.07, 6.45) is 4.53. The molecule has 8 heteroatoms. The molecule has 3 atom stereocenters. The molecule has 3 aliphatic heterocycles.